The van der Waals surface area contributed by atoms with Crippen LogP contribution in [0.5, 0.6) is 5.75 Å². The number of likely N-dealkylation sites (tertiary alicyclic amines) is 1. The molecule has 3 rings (SSSR count). The molecule has 6 N–H and O–H groups in total. The summed E-state index contributed by atoms with van der Waals surface area (Å²) in [5, 5.41) is 12.6. The molecule has 1 aromatic carbocycles. The smallest absolute Gasteiger partial charge is 0.243 e. The van der Waals surface area contributed by atoms with Crippen LogP contribution < -0.4 is 16.8 Å². The Balaban J connectivity index is 1.75. The van der Waals surface area contributed by atoms with E-state index in [1.54, 1.807) is 13.0 Å². The lowest BCUT2D eigenvalue weighted by Crippen LogP contribution is -2.49. The fourth-order valence-corrected chi connectivity index (χ4v) is 4.77. The summed E-state index contributed by atoms with van der Waals surface area (Å²) < 4.78 is 0. The highest BCUT2D eigenvalue weighted by atomic mass is 16.3. The highest BCUT2D eigenvalue weighted by molar-refractivity contribution is 5.99. The van der Waals surface area contributed by atoms with E-state index in [0.29, 0.717) is 23.9 Å². The highest BCUT2D eigenvalue weighted by Gasteiger charge is 2.40. The third kappa shape index (κ3) is 5.35. The molecule has 3 atom stereocenters. The summed E-state index contributed by atoms with van der Waals surface area (Å²) in [6.45, 7) is 3.23. The maximum absolute atomic E-state index is 12.9. The predicted octanol–water partition coefficient (Wildman–Crippen LogP) is 1.61. The SMILES string of the molecule is C[C@H](N)C(=O)NC(=O)[C@@H]1CC(C2CCCCC2)CN1Cc1ccc(CN)c(O)c1. The first-order chi connectivity index (χ1) is 13.9. The van der Waals surface area contributed by atoms with Gasteiger partial charge < -0.3 is 16.6 Å². The van der Waals surface area contributed by atoms with Crippen LogP contribution >= 0.6 is 0 Å². The number of imide groups is 1. The van der Waals surface area contributed by atoms with Crippen molar-refractivity contribution in [3.63, 3.8) is 0 Å². The molecule has 1 aliphatic heterocycles. The molecule has 1 saturated carbocycles. The van der Waals surface area contributed by atoms with E-state index in [1.165, 1.54) is 32.1 Å². The van der Waals surface area contributed by atoms with Crippen LogP contribution in [-0.2, 0) is 22.7 Å². The molecular formula is C22H34N4O3. The monoisotopic (exact) mass is 402 g/mol. The van der Waals surface area contributed by atoms with E-state index in [4.69, 9.17) is 11.5 Å². The minimum Gasteiger partial charge on any atom is -0.508 e. The number of rotatable bonds is 6. The average molecular weight is 403 g/mol. The van der Waals surface area contributed by atoms with E-state index in [0.717, 1.165) is 18.5 Å². The standard InChI is InChI=1S/C22H34N4O3/c1-14(24)21(28)25-22(29)19-10-18(16-5-3-2-4-6-16)13-26(19)12-15-7-8-17(11-23)20(27)9-15/h7-9,14,16,18-19,27H,2-6,10-13,23-24H2,1H3,(H,25,28,29)/t14-,18?,19-/m0/s1. The first-order valence-electron chi connectivity index (χ1n) is 10.7. The van der Waals surface area contributed by atoms with E-state index >= 15 is 0 Å². The van der Waals surface area contributed by atoms with Crippen LogP contribution in [0.3, 0.4) is 0 Å². The number of aromatic hydroxyl groups is 1. The number of carbonyl (C=O) groups is 2. The second-order valence-corrected chi connectivity index (χ2v) is 8.65. The second-order valence-electron chi connectivity index (χ2n) is 8.65. The summed E-state index contributed by atoms with van der Waals surface area (Å²) in [7, 11) is 0. The van der Waals surface area contributed by atoms with E-state index in [1.807, 2.05) is 12.1 Å². The summed E-state index contributed by atoms with van der Waals surface area (Å²) in [4.78, 5) is 27.0. The lowest BCUT2D eigenvalue weighted by Gasteiger charge is -2.27. The molecule has 0 radical (unpaired) electrons. The number of nitrogens with two attached hydrogens (primary N) is 2. The van der Waals surface area contributed by atoms with Crippen LogP contribution in [0.15, 0.2) is 18.2 Å². The Labute approximate surface area is 172 Å². The predicted molar refractivity (Wildman–Crippen MR) is 112 cm³/mol. The Morgan fingerprint density at radius 3 is 2.59 bits per heavy atom. The van der Waals surface area contributed by atoms with Gasteiger partial charge >= 0.3 is 0 Å². The molecule has 2 amide bonds. The zero-order valence-corrected chi connectivity index (χ0v) is 17.3. The molecule has 7 heteroatoms. The topological polar surface area (TPSA) is 122 Å². The van der Waals surface area contributed by atoms with Gasteiger partial charge in [-0.1, -0.05) is 44.2 Å². The minimum atomic E-state index is -0.719. The maximum atomic E-state index is 12.9. The fraction of sp³-hybridized carbons (Fsp3) is 0.636. The van der Waals surface area contributed by atoms with Crippen molar-refractivity contribution >= 4 is 11.8 Å². The molecule has 7 nitrogen and oxygen atoms in total. The van der Waals surface area contributed by atoms with Crippen molar-refractivity contribution in [1.29, 1.82) is 0 Å². The van der Waals surface area contributed by atoms with Crippen molar-refractivity contribution in [1.82, 2.24) is 10.2 Å². The number of hydrogen-bond donors (Lipinski definition) is 4. The van der Waals surface area contributed by atoms with E-state index < -0.39 is 11.9 Å². The summed E-state index contributed by atoms with van der Waals surface area (Å²) in [5.74, 6) is 0.560. The van der Waals surface area contributed by atoms with Gasteiger partial charge in [0.25, 0.3) is 0 Å². The first-order valence-corrected chi connectivity index (χ1v) is 10.7. The Bertz CT molecular complexity index is 731. The van der Waals surface area contributed by atoms with Crippen LogP contribution in [0.25, 0.3) is 0 Å². The number of phenolic OH excluding ortho intramolecular Hbond substituents is 1. The van der Waals surface area contributed by atoms with E-state index in [9.17, 15) is 14.7 Å². The van der Waals surface area contributed by atoms with Gasteiger partial charge in [0.2, 0.25) is 11.8 Å². The Kier molecular flexibility index (Phi) is 7.27. The molecule has 0 bridgehead atoms. The van der Waals surface area contributed by atoms with Crippen molar-refractivity contribution in [3.8, 4) is 5.75 Å². The lowest BCUT2D eigenvalue weighted by molar-refractivity contribution is -0.133. The lowest BCUT2D eigenvalue weighted by atomic mass is 9.79. The molecule has 2 aliphatic rings. The number of hydrogen-bond acceptors (Lipinski definition) is 6. The van der Waals surface area contributed by atoms with Gasteiger partial charge in [-0.15, -0.1) is 0 Å². The number of carbonyl (C=O) groups excluding carboxylic acids is 2. The number of amides is 2. The van der Waals surface area contributed by atoms with Crippen LogP contribution in [0.4, 0.5) is 0 Å². The maximum Gasteiger partial charge on any atom is 0.243 e. The van der Waals surface area contributed by atoms with Gasteiger partial charge in [0, 0.05) is 25.2 Å². The van der Waals surface area contributed by atoms with Gasteiger partial charge in [-0.25, -0.2) is 0 Å². The normalized spacial score (nSPS) is 24.4. The zero-order chi connectivity index (χ0) is 21.0. The molecule has 0 spiro atoms. The van der Waals surface area contributed by atoms with Crippen molar-refractivity contribution in [2.24, 2.45) is 23.3 Å². The van der Waals surface area contributed by atoms with Crippen LogP contribution in [-0.4, -0.2) is 40.4 Å². The molecule has 1 aromatic rings. The van der Waals surface area contributed by atoms with Crippen LogP contribution in [0.1, 0.15) is 56.6 Å². The Morgan fingerprint density at radius 1 is 1.24 bits per heavy atom. The first kappa shape index (κ1) is 21.7. The van der Waals surface area contributed by atoms with Gasteiger partial charge in [0.1, 0.15) is 5.75 Å². The third-order valence-electron chi connectivity index (χ3n) is 6.47. The summed E-state index contributed by atoms with van der Waals surface area (Å²) in [5.41, 5.74) is 12.9. The molecule has 1 aliphatic carbocycles. The summed E-state index contributed by atoms with van der Waals surface area (Å²) >= 11 is 0. The van der Waals surface area contributed by atoms with Gasteiger partial charge in [-0.05, 0) is 36.8 Å². The molecule has 29 heavy (non-hydrogen) atoms. The van der Waals surface area contributed by atoms with Gasteiger partial charge in [0.05, 0.1) is 12.1 Å². The zero-order valence-electron chi connectivity index (χ0n) is 17.3. The molecule has 160 valence electrons. The summed E-state index contributed by atoms with van der Waals surface area (Å²) in [6.07, 6.45) is 7.02. The molecule has 2 fully saturated rings. The minimum absolute atomic E-state index is 0.182. The number of nitrogens with one attached hydrogen (secondary N) is 1. The van der Waals surface area contributed by atoms with Crippen molar-refractivity contribution in [3.05, 3.63) is 29.3 Å². The number of nitrogens with zero attached hydrogens (tertiary/aromatic N) is 1. The molecule has 1 heterocycles. The van der Waals surface area contributed by atoms with Crippen LogP contribution in [0.2, 0.25) is 0 Å². The van der Waals surface area contributed by atoms with Crippen molar-refractivity contribution in [2.45, 2.75) is 70.6 Å². The van der Waals surface area contributed by atoms with Crippen molar-refractivity contribution in [2.75, 3.05) is 6.54 Å². The van der Waals surface area contributed by atoms with Crippen LogP contribution in [0, 0.1) is 11.8 Å². The highest BCUT2D eigenvalue weighted by Crippen LogP contribution is 2.38. The number of benzene rings is 1. The largest absolute Gasteiger partial charge is 0.508 e. The number of phenols is 1. The Morgan fingerprint density at radius 2 is 1.97 bits per heavy atom. The van der Waals surface area contributed by atoms with E-state index in [-0.39, 0.29) is 24.2 Å². The fourth-order valence-electron chi connectivity index (χ4n) is 4.77. The molecule has 1 saturated heterocycles. The molecular weight excluding hydrogens is 368 g/mol. The van der Waals surface area contributed by atoms with Crippen molar-refractivity contribution < 1.29 is 14.7 Å². The quantitative estimate of drug-likeness (QED) is 0.573. The van der Waals surface area contributed by atoms with Gasteiger partial charge in [-0.2, -0.15) is 0 Å². The second kappa shape index (κ2) is 9.69. The third-order valence-corrected chi connectivity index (χ3v) is 6.47. The summed E-state index contributed by atoms with van der Waals surface area (Å²) in [6, 6.07) is 4.41. The average Bonchev–Trinajstić information content (AvgIpc) is 3.12. The molecule has 1 unspecified atom stereocenters. The Hall–Kier alpha value is -1.96. The van der Waals surface area contributed by atoms with Gasteiger partial charge in [0.15, 0.2) is 0 Å². The van der Waals surface area contributed by atoms with E-state index in [2.05, 4.69) is 10.2 Å². The molecule has 0 aromatic heterocycles. The van der Waals surface area contributed by atoms with Gasteiger partial charge in [-0.3, -0.25) is 19.8 Å².